The number of halogens is 1. The molecule has 1 aliphatic carbocycles. The van der Waals surface area contributed by atoms with Gasteiger partial charge in [-0.05, 0) is 49.1 Å². The van der Waals surface area contributed by atoms with Crippen LogP contribution in [0.15, 0.2) is 36.5 Å². The number of Topliss-reactive ketones (excluding diaryl/α,β-unsaturated/α-hetero) is 1. The molecule has 3 nitrogen and oxygen atoms in total. The highest BCUT2D eigenvalue weighted by Crippen LogP contribution is 2.33. The highest BCUT2D eigenvalue weighted by atomic mass is 35.5. The molecular weight excluding hydrogens is 272 g/mol. The van der Waals surface area contributed by atoms with Crippen molar-refractivity contribution in [2.24, 2.45) is 0 Å². The molecule has 0 radical (unpaired) electrons. The van der Waals surface area contributed by atoms with Gasteiger partial charge in [-0.15, -0.1) is 0 Å². The van der Waals surface area contributed by atoms with Crippen LogP contribution in [0.4, 0.5) is 5.69 Å². The first-order chi connectivity index (χ1) is 9.65. The number of benzene rings is 1. The van der Waals surface area contributed by atoms with Crippen molar-refractivity contribution < 1.29 is 4.79 Å². The summed E-state index contributed by atoms with van der Waals surface area (Å²) in [4.78, 5) is 17.1. The van der Waals surface area contributed by atoms with E-state index >= 15 is 0 Å². The van der Waals surface area contributed by atoms with Gasteiger partial charge >= 0.3 is 0 Å². The first-order valence-electron chi connectivity index (χ1n) is 6.69. The van der Waals surface area contributed by atoms with Gasteiger partial charge in [-0.25, -0.2) is 0 Å². The van der Waals surface area contributed by atoms with Crippen molar-refractivity contribution in [2.45, 2.75) is 25.2 Å². The van der Waals surface area contributed by atoms with Gasteiger partial charge in [0.1, 0.15) is 0 Å². The molecule has 2 N–H and O–H groups in total. The number of carbonyl (C=O) groups excluding carboxylic acids is 1. The summed E-state index contributed by atoms with van der Waals surface area (Å²) >= 11 is 5.99. The summed E-state index contributed by atoms with van der Waals surface area (Å²) in [6, 6.07) is 8.98. The second-order valence-corrected chi connectivity index (χ2v) is 5.57. The fourth-order valence-electron chi connectivity index (χ4n) is 2.82. The van der Waals surface area contributed by atoms with Gasteiger partial charge in [0.05, 0.1) is 11.6 Å². The van der Waals surface area contributed by atoms with E-state index in [9.17, 15) is 4.79 Å². The second-order valence-electron chi connectivity index (χ2n) is 5.13. The average Bonchev–Trinajstić information content (AvgIpc) is 2.45. The zero-order chi connectivity index (χ0) is 14.1. The lowest BCUT2D eigenvalue weighted by atomic mass is 9.82. The minimum Gasteiger partial charge on any atom is -0.399 e. The predicted molar refractivity (Wildman–Crippen MR) is 80.1 cm³/mol. The Bertz CT molecular complexity index is 649. The van der Waals surface area contributed by atoms with E-state index in [0.717, 1.165) is 25.0 Å². The molecule has 0 saturated carbocycles. The number of ketones is 1. The largest absolute Gasteiger partial charge is 0.399 e. The van der Waals surface area contributed by atoms with Crippen LogP contribution >= 0.6 is 11.6 Å². The number of hydrogen-bond donors (Lipinski definition) is 1. The van der Waals surface area contributed by atoms with Crippen LogP contribution in [0, 0.1) is 0 Å². The van der Waals surface area contributed by atoms with Crippen LogP contribution in [0.5, 0.6) is 0 Å². The SMILES string of the molecule is Nc1cc(Cl)cc(C(=O)C2CCCc3cccnc32)c1. The summed E-state index contributed by atoms with van der Waals surface area (Å²) < 4.78 is 0. The average molecular weight is 287 g/mol. The molecule has 102 valence electrons. The van der Waals surface area contributed by atoms with Gasteiger partial charge in [0, 0.05) is 22.5 Å². The molecule has 0 amide bonds. The van der Waals surface area contributed by atoms with E-state index in [4.69, 9.17) is 17.3 Å². The summed E-state index contributed by atoms with van der Waals surface area (Å²) in [5.41, 5.74) is 8.93. The number of fused-ring (bicyclic) bond motifs is 1. The van der Waals surface area contributed by atoms with Crippen molar-refractivity contribution >= 4 is 23.1 Å². The molecular formula is C16H15ClN2O. The zero-order valence-corrected chi connectivity index (χ0v) is 11.7. The van der Waals surface area contributed by atoms with Crippen LogP contribution in [-0.4, -0.2) is 10.8 Å². The Morgan fingerprint density at radius 1 is 1.35 bits per heavy atom. The Labute approximate surface area is 122 Å². The summed E-state index contributed by atoms with van der Waals surface area (Å²) in [5.74, 6) is -0.128. The van der Waals surface area contributed by atoms with E-state index in [2.05, 4.69) is 4.98 Å². The molecule has 0 spiro atoms. The monoisotopic (exact) mass is 286 g/mol. The highest BCUT2D eigenvalue weighted by Gasteiger charge is 2.28. The lowest BCUT2D eigenvalue weighted by Gasteiger charge is -2.23. The number of aromatic nitrogens is 1. The molecule has 0 fully saturated rings. The van der Waals surface area contributed by atoms with Crippen LogP contribution < -0.4 is 5.73 Å². The first-order valence-corrected chi connectivity index (χ1v) is 7.07. The van der Waals surface area contributed by atoms with Crippen LogP contribution in [0.2, 0.25) is 5.02 Å². The molecule has 2 aromatic rings. The number of rotatable bonds is 2. The molecule has 1 unspecified atom stereocenters. The van der Waals surface area contributed by atoms with Gasteiger partial charge in [0.2, 0.25) is 0 Å². The van der Waals surface area contributed by atoms with E-state index in [1.54, 1.807) is 24.4 Å². The third-order valence-corrected chi connectivity index (χ3v) is 3.93. The molecule has 1 atom stereocenters. The molecule has 1 aliphatic rings. The highest BCUT2D eigenvalue weighted by molar-refractivity contribution is 6.31. The fourth-order valence-corrected chi connectivity index (χ4v) is 3.06. The maximum Gasteiger partial charge on any atom is 0.172 e. The summed E-state index contributed by atoms with van der Waals surface area (Å²) in [6.45, 7) is 0. The third-order valence-electron chi connectivity index (χ3n) is 3.72. The smallest absolute Gasteiger partial charge is 0.172 e. The quantitative estimate of drug-likeness (QED) is 0.677. The number of nitrogens with zero attached hydrogens (tertiary/aromatic N) is 1. The molecule has 1 heterocycles. The first kappa shape index (κ1) is 13.1. The second kappa shape index (κ2) is 5.25. The number of pyridine rings is 1. The normalized spacial score (nSPS) is 17.6. The van der Waals surface area contributed by atoms with E-state index in [1.165, 1.54) is 5.56 Å². The predicted octanol–water partition coefficient (Wildman–Crippen LogP) is 3.62. The topological polar surface area (TPSA) is 56.0 Å². The summed E-state index contributed by atoms with van der Waals surface area (Å²) in [7, 11) is 0. The van der Waals surface area contributed by atoms with Crippen molar-refractivity contribution in [3.63, 3.8) is 0 Å². The number of hydrogen-bond acceptors (Lipinski definition) is 3. The Morgan fingerprint density at radius 3 is 3.00 bits per heavy atom. The summed E-state index contributed by atoms with van der Waals surface area (Å²) in [6.07, 6.45) is 4.57. The van der Waals surface area contributed by atoms with Gasteiger partial charge in [0.25, 0.3) is 0 Å². The van der Waals surface area contributed by atoms with E-state index < -0.39 is 0 Å². The van der Waals surface area contributed by atoms with Crippen LogP contribution in [-0.2, 0) is 6.42 Å². The van der Waals surface area contributed by atoms with E-state index in [0.29, 0.717) is 16.3 Å². The molecule has 1 aromatic carbocycles. The van der Waals surface area contributed by atoms with Crippen LogP contribution in [0.25, 0.3) is 0 Å². The third kappa shape index (κ3) is 2.41. The minimum atomic E-state index is -0.183. The van der Waals surface area contributed by atoms with Crippen LogP contribution in [0.1, 0.15) is 40.4 Å². The van der Waals surface area contributed by atoms with Crippen molar-refractivity contribution in [3.05, 3.63) is 58.4 Å². The van der Waals surface area contributed by atoms with Gasteiger partial charge < -0.3 is 5.73 Å². The van der Waals surface area contributed by atoms with E-state index in [-0.39, 0.29) is 11.7 Å². The maximum absolute atomic E-state index is 12.7. The van der Waals surface area contributed by atoms with Crippen molar-refractivity contribution in [2.75, 3.05) is 5.73 Å². The minimum absolute atomic E-state index is 0.0545. The lowest BCUT2D eigenvalue weighted by Crippen LogP contribution is -2.20. The Morgan fingerprint density at radius 2 is 2.20 bits per heavy atom. The Hall–Kier alpha value is -1.87. The van der Waals surface area contributed by atoms with Gasteiger partial charge in [-0.3, -0.25) is 9.78 Å². The molecule has 4 heteroatoms. The molecule has 3 rings (SSSR count). The van der Waals surface area contributed by atoms with Crippen molar-refractivity contribution in [1.29, 1.82) is 0 Å². The van der Waals surface area contributed by atoms with E-state index in [1.807, 2.05) is 12.1 Å². The lowest BCUT2D eigenvalue weighted by molar-refractivity contribution is 0.0949. The van der Waals surface area contributed by atoms with Gasteiger partial charge in [0.15, 0.2) is 5.78 Å². The maximum atomic E-state index is 12.7. The van der Waals surface area contributed by atoms with Gasteiger partial charge in [-0.2, -0.15) is 0 Å². The molecule has 0 bridgehead atoms. The van der Waals surface area contributed by atoms with Gasteiger partial charge in [-0.1, -0.05) is 17.7 Å². The Balaban J connectivity index is 1.99. The fraction of sp³-hybridized carbons (Fsp3) is 0.250. The number of nitrogens with two attached hydrogens (primary N) is 1. The van der Waals surface area contributed by atoms with Crippen molar-refractivity contribution in [3.8, 4) is 0 Å². The van der Waals surface area contributed by atoms with Crippen LogP contribution in [0.3, 0.4) is 0 Å². The van der Waals surface area contributed by atoms with Crippen molar-refractivity contribution in [1.82, 2.24) is 4.98 Å². The molecule has 0 aliphatic heterocycles. The molecule has 20 heavy (non-hydrogen) atoms. The number of aryl methyl sites for hydroxylation is 1. The summed E-state index contributed by atoms with van der Waals surface area (Å²) in [5, 5.41) is 0.491. The molecule has 0 saturated heterocycles. The number of anilines is 1. The number of carbonyl (C=O) groups is 1. The zero-order valence-electron chi connectivity index (χ0n) is 11.0. The standard InChI is InChI=1S/C16H15ClN2O/c17-12-7-11(8-13(18)9-12)16(20)14-5-1-3-10-4-2-6-19-15(10)14/h2,4,6-9,14H,1,3,5,18H2. The molecule has 1 aromatic heterocycles. The number of nitrogen functional groups attached to an aromatic ring is 1. The Kier molecular flexibility index (Phi) is 3.45.